The number of hydrogen-bond acceptors (Lipinski definition) is 2. The molecule has 1 N–H and O–H groups in total. The molecular weight excluding hydrogens is 353 g/mol. The van der Waals surface area contributed by atoms with Gasteiger partial charge in [-0.15, -0.1) is 0 Å². The first kappa shape index (κ1) is 17.1. The van der Waals surface area contributed by atoms with Crippen molar-refractivity contribution in [3.8, 4) is 5.75 Å². The van der Waals surface area contributed by atoms with Crippen molar-refractivity contribution in [3.05, 3.63) is 46.3 Å². The van der Waals surface area contributed by atoms with E-state index < -0.39 is 11.9 Å². The van der Waals surface area contributed by atoms with Gasteiger partial charge in [0, 0.05) is 16.7 Å². The molecule has 1 aromatic heterocycles. The van der Waals surface area contributed by atoms with E-state index in [1.54, 1.807) is 7.11 Å². The summed E-state index contributed by atoms with van der Waals surface area (Å²) in [6.45, 7) is 2.14. The molecule has 0 spiro atoms. The van der Waals surface area contributed by atoms with Crippen LogP contribution in [-0.4, -0.2) is 17.3 Å². The highest BCUT2D eigenvalue weighted by Crippen LogP contribution is 2.60. The van der Waals surface area contributed by atoms with E-state index in [9.17, 15) is 13.2 Å². The molecule has 5 rings (SSSR count). The fraction of sp³-hybridized carbons (Fsp3) is 0.571. The van der Waals surface area contributed by atoms with Crippen molar-refractivity contribution in [3.63, 3.8) is 0 Å². The molecular formula is C21H23F3N2O. The third kappa shape index (κ3) is 2.31. The van der Waals surface area contributed by atoms with Crippen molar-refractivity contribution in [1.29, 1.82) is 0 Å². The largest absolute Gasteiger partial charge is 0.497 e. The number of nitrogens with one attached hydrogen (secondary N) is 1. The Labute approximate surface area is 156 Å². The topological polar surface area (TPSA) is 37.9 Å². The molecule has 0 saturated heterocycles. The standard InChI is InChI=1S/C21H23F3N2O/c1-20-8-7-14-13-6-4-12(27-2)9-11(13)3-5-15(14)17(20)10-16-18(20)25-26-19(16)21(22,23)24/h4,6,9,14-15,17H,3,5,7-8,10H2,1-2H3,(H,25,26). The minimum atomic E-state index is -4.39. The van der Waals surface area contributed by atoms with Crippen molar-refractivity contribution in [1.82, 2.24) is 10.2 Å². The first-order chi connectivity index (χ1) is 12.8. The fourth-order valence-corrected chi connectivity index (χ4v) is 6.18. The lowest BCUT2D eigenvalue weighted by atomic mass is 9.55. The van der Waals surface area contributed by atoms with E-state index in [1.807, 2.05) is 6.07 Å². The maximum atomic E-state index is 13.4. The molecule has 0 bridgehead atoms. The monoisotopic (exact) mass is 376 g/mol. The summed E-state index contributed by atoms with van der Waals surface area (Å²) in [5.41, 5.74) is 2.93. The normalized spacial score (nSPS) is 31.7. The summed E-state index contributed by atoms with van der Waals surface area (Å²) in [6, 6.07) is 6.31. The predicted molar refractivity (Wildman–Crippen MR) is 94.9 cm³/mol. The first-order valence-electron chi connectivity index (χ1n) is 9.64. The lowest BCUT2D eigenvalue weighted by molar-refractivity contribution is -0.141. The Morgan fingerprint density at radius 3 is 2.81 bits per heavy atom. The molecule has 3 aliphatic carbocycles. The van der Waals surface area contributed by atoms with Crippen LogP contribution in [0.25, 0.3) is 0 Å². The van der Waals surface area contributed by atoms with Gasteiger partial charge >= 0.3 is 6.18 Å². The van der Waals surface area contributed by atoms with Gasteiger partial charge in [0.2, 0.25) is 0 Å². The van der Waals surface area contributed by atoms with Gasteiger partial charge in [-0.3, -0.25) is 5.10 Å². The van der Waals surface area contributed by atoms with Crippen molar-refractivity contribution in [2.24, 2.45) is 11.8 Å². The number of halogens is 3. The van der Waals surface area contributed by atoms with E-state index >= 15 is 0 Å². The third-order valence-corrected chi connectivity index (χ3v) is 7.45. The molecule has 0 radical (unpaired) electrons. The van der Waals surface area contributed by atoms with Gasteiger partial charge in [-0.2, -0.15) is 18.3 Å². The molecule has 3 nitrogen and oxygen atoms in total. The molecule has 144 valence electrons. The second-order valence-corrected chi connectivity index (χ2v) is 8.56. The highest BCUT2D eigenvalue weighted by Gasteiger charge is 2.56. The molecule has 3 aliphatic rings. The summed E-state index contributed by atoms with van der Waals surface area (Å²) >= 11 is 0. The Kier molecular flexibility index (Phi) is 3.50. The zero-order valence-corrected chi connectivity index (χ0v) is 15.5. The summed E-state index contributed by atoms with van der Waals surface area (Å²) in [5, 5.41) is 6.42. The van der Waals surface area contributed by atoms with Gasteiger partial charge in [0.05, 0.1) is 7.11 Å². The van der Waals surface area contributed by atoms with Crippen molar-refractivity contribution >= 4 is 0 Å². The van der Waals surface area contributed by atoms with Crippen LogP contribution >= 0.6 is 0 Å². The molecule has 4 atom stereocenters. The number of aromatic nitrogens is 2. The van der Waals surface area contributed by atoms with Gasteiger partial charge < -0.3 is 4.74 Å². The minimum Gasteiger partial charge on any atom is -0.497 e. The van der Waals surface area contributed by atoms with Gasteiger partial charge in [0.1, 0.15) is 5.75 Å². The second kappa shape index (κ2) is 5.52. The molecule has 27 heavy (non-hydrogen) atoms. The Balaban J connectivity index is 1.52. The number of aromatic amines is 1. The number of ether oxygens (including phenoxy) is 1. The molecule has 0 amide bonds. The van der Waals surface area contributed by atoms with Crippen LogP contribution in [-0.2, 0) is 24.4 Å². The molecule has 1 aromatic carbocycles. The quantitative estimate of drug-likeness (QED) is 0.760. The van der Waals surface area contributed by atoms with Crippen molar-refractivity contribution in [2.45, 2.75) is 56.5 Å². The summed E-state index contributed by atoms with van der Waals surface area (Å²) in [5.74, 6) is 1.98. The van der Waals surface area contributed by atoms with E-state index in [2.05, 4.69) is 29.3 Å². The van der Waals surface area contributed by atoms with Crippen LogP contribution in [0.1, 0.15) is 60.2 Å². The van der Waals surface area contributed by atoms with E-state index in [0.717, 1.165) is 37.1 Å². The van der Waals surface area contributed by atoms with Gasteiger partial charge in [-0.1, -0.05) is 13.0 Å². The van der Waals surface area contributed by atoms with Gasteiger partial charge in [0.25, 0.3) is 0 Å². The smallest absolute Gasteiger partial charge is 0.435 e. The van der Waals surface area contributed by atoms with E-state index in [1.165, 1.54) is 11.1 Å². The first-order valence-corrected chi connectivity index (χ1v) is 9.64. The highest BCUT2D eigenvalue weighted by molar-refractivity contribution is 5.45. The maximum Gasteiger partial charge on any atom is 0.435 e. The van der Waals surface area contributed by atoms with Crippen LogP contribution in [0.15, 0.2) is 18.2 Å². The minimum absolute atomic E-state index is 0.225. The number of hydrogen-bond donors (Lipinski definition) is 1. The lowest BCUT2D eigenvalue weighted by Gasteiger charge is -2.49. The molecule has 1 fully saturated rings. The molecule has 2 aromatic rings. The summed E-state index contributed by atoms with van der Waals surface area (Å²) in [6.07, 6.45) is 0.0171. The van der Waals surface area contributed by atoms with Crippen LogP contribution in [0.5, 0.6) is 5.75 Å². The molecule has 6 heteroatoms. The summed E-state index contributed by atoms with van der Waals surface area (Å²) in [7, 11) is 1.68. The third-order valence-electron chi connectivity index (χ3n) is 7.45. The zero-order valence-electron chi connectivity index (χ0n) is 15.5. The van der Waals surface area contributed by atoms with Crippen LogP contribution in [0.4, 0.5) is 13.2 Å². The van der Waals surface area contributed by atoms with Gasteiger partial charge in [-0.25, -0.2) is 0 Å². The molecule has 1 heterocycles. The summed E-state index contributed by atoms with van der Waals surface area (Å²) < 4.78 is 45.5. The summed E-state index contributed by atoms with van der Waals surface area (Å²) in [4.78, 5) is 0. The Bertz CT molecular complexity index is 903. The van der Waals surface area contributed by atoms with E-state index in [0.29, 0.717) is 23.8 Å². The number of rotatable bonds is 1. The van der Waals surface area contributed by atoms with Crippen LogP contribution in [0.3, 0.4) is 0 Å². The predicted octanol–water partition coefficient (Wildman–Crippen LogP) is 5.01. The number of aryl methyl sites for hydroxylation is 1. The average Bonchev–Trinajstić information content (AvgIpc) is 3.18. The number of nitrogens with zero attached hydrogens (tertiary/aromatic N) is 1. The number of alkyl halides is 3. The zero-order chi connectivity index (χ0) is 19.0. The molecule has 4 unspecified atom stereocenters. The van der Waals surface area contributed by atoms with Crippen molar-refractivity contribution < 1.29 is 17.9 Å². The number of methoxy groups -OCH3 is 1. The Morgan fingerprint density at radius 1 is 1.26 bits per heavy atom. The van der Waals surface area contributed by atoms with Crippen LogP contribution < -0.4 is 4.74 Å². The molecule has 0 aliphatic heterocycles. The number of benzene rings is 1. The van der Waals surface area contributed by atoms with E-state index in [4.69, 9.17) is 4.74 Å². The SMILES string of the molecule is COc1ccc2c(c1)CCC1C2CCC2(C)c3[nH]nc(C(F)(F)F)c3CC12. The Hall–Kier alpha value is -1.98. The van der Waals surface area contributed by atoms with Crippen molar-refractivity contribution in [2.75, 3.05) is 7.11 Å². The lowest BCUT2D eigenvalue weighted by Crippen LogP contribution is -2.43. The van der Waals surface area contributed by atoms with Gasteiger partial charge in [-0.05, 0) is 73.1 Å². The van der Waals surface area contributed by atoms with Crippen LogP contribution in [0, 0.1) is 11.8 Å². The fourth-order valence-electron chi connectivity index (χ4n) is 6.18. The molecule has 1 saturated carbocycles. The van der Waals surface area contributed by atoms with Crippen LogP contribution in [0.2, 0.25) is 0 Å². The number of fused-ring (bicyclic) bond motifs is 7. The maximum absolute atomic E-state index is 13.4. The second-order valence-electron chi connectivity index (χ2n) is 8.56. The van der Waals surface area contributed by atoms with Gasteiger partial charge in [0.15, 0.2) is 5.69 Å². The highest BCUT2D eigenvalue weighted by atomic mass is 19.4. The average molecular weight is 376 g/mol. The number of H-pyrrole nitrogens is 1. The van der Waals surface area contributed by atoms with E-state index in [-0.39, 0.29) is 11.3 Å². The Morgan fingerprint density at radius 2 is 2.07 bits per heavy atom.